The lowest BCUT2D eigenvalue weighted by Gasteiger charge is -2.16. The number of rotatable bonds is 7. The Balaban J connectivity index is 1.63. The third kappa shape index (κ3) is 4.76. The van der Waals surface area contributed by atoms with Crippen molar-refractivity contribution in [2.75, 3.05) is 19.7 Å². The van der Waals surface area contributed by atoms with Crippen molar-refractivity contribution in [3.63, 3.8) is 0 Å². The first-order valence-electron chi connectivity index (χ1n) is 8.47. The average Bonchev–Trinajstić information content (AvgIpc) is 3.42. The van der Waals surface area contributed by atoms with Crippen LogP contribution in [0.3, 0.4) is 0 Å². The highest BCUT2D eigenvalue weighted by molar-refractivity contribution is 7.93. The van der Waals surface area contributed by atoms with Crippen LogP contribution in [-0.2, 0) is 24.2 Å². The number of furan rings is 1. The van der Waals surface area contributed by atoms with E-state index in [1.165, 1.54) is 18.4 Å². The van der Waals surface area contributed by atoms with Gasteiger partial charge < -0.3 is 19.8 Å². The molecule has 27 heavy (non-hydrogen) atoms. The molecule has 0 aromatic carbocycles. The molecule has 1 aliphatic rings. The van der Waals surface area contributed by atoms with E-state index in [1.807, 2.05) is 0 Å². The molecule has 3 heterocycles. The number of sulfone groups is 1. The molecule has 2 atom stereocenters. The topological polar surface area (TPSA) is 115 Å². The van der Waals surface area contributed by atoms with Crippen LogP contribution in [0.4, 0.5) is 0 Å². The van der Waals surface area contributed by atoms with Gasteiger partial charge in [0, 0.05) is 19.7 Å². The van der Waals surface area contributed by atoms with Gasteiger partial charge in [-0.2, -0.15) is 0 Å². The minimum absolute atomic E-state index is 0.0863. The van der Waals surface area contributed by atoms with E-state index in [0.717, 1.165) is 24.2 Å². The molecule has 1 aliphatic heterocycles. The Morgan fingerprint density at radius 3 is 2.67 bits per heavy atom. The lowest BCUT2D eigenvalue weighted by atomic mass is 10.2. The van der Waals surface area contributed by atoms with Gasteiger partial charge in [0.05, 0.1) is 12.4 Å². The molecule has 0 unspecified atom stereocenters. The Bertz CT molecular complexity index is 855. The van der Waals surface area contributed by atoms with Gasteiger partial charge in [-0.1, -0.05) is 6.07 Å². The molecule has 2 N–H and O–H groups in total. The van der Waals surface area contributed by atoms with E-state index in [9.17, 15) is 18.0 Å². The normalized spacial score (nSPS) is 18.1. The molecule has 0 bridgehead atoms. The molecule has 1 saturated heterocycles. The van der Waals surface area contributed by atoms with E-state index in [4.69, 9.17) is 9.15 Å². The highest BCUT2D eigenvalue weighted by Crippen LogP contribution is 2.31. The predicted molar refractivity (Wildman–Crippen MR) is 97.9 cm³/mol. The highest BCUT2D eigenvalue weighted by Gasteiger charge is 2.33. The van der Waals surface area contributed by atoms with Crippen LogP contribution < -0.4 is 10.6 Å². The number of carbonyl (C=O) groups is 2. The van der Waals surface area contributed by atoms with E-state index in [0.29, 0.717) is 6.61 Å². The summed E-state index contributed by atoms with van der Waals surface area (Å²) in [7, 11) is -3.77. The molecule has 8 nitrogen and oxygen atoms in total. The van der Waals surface area contributed by atoms with Crippen molar-refractivity contribution in [3.8, 4) is 0 Å². The first-order valence-corrected chi connectivity index (χ1v) is 10.9. The lowest BCUT2D eigenvalue weighted by Crippen LogP contribution is -2.44. The maximum atomic E-state index is 12.9. The number of hydrogen-bond donors (Lipinski definition) is 2. The number of ether oxygens (including phenoxy) is 1. The molecule has 1 fully saturated rings. The Morgan fingerprint density at radius 2 is 2.04 bits per heavy atom. The molecule has 0 radical (unpaired) electrons. The summed E-state index contributed by atoms with van der Waals surface area (Å²) in [5.74, 6) is -1.52. The van der Waals surface area contributed by atoms with Crippen LogP contribution >= 0.6 is 11.3 Å². The standard InChI is InChI=1S/C17H20N2O6S2/c20-16(18-10-12-4-1-7-24-12)17(21)19-11-14(13-5-2-8-25-13)27(22,23)15-6-3-9-26-15/h2-3,5-6,8-9,12,14H,1,4,7,10-11H2,(H,18,20)(H,19,21)/t12-,14+/m0/s1. The summed E-state index contributed by atoms with van der Waals surface area (Å²) in [5.41, 5.74) is 0. The second-order valence-corrected chi connectivity index (χ2v) is 9.34. The molecule has 10 heteroatoms. The fourth-order valence-electron chi connectivity index (χ4n) is 2.76. The van der Waals surface area contributed by atoms with Crippen LogP contribution in [0.2, 0.25) is 0 Å². The lowest BCUT2D eigenvalue weighted by molar-refractivity contribution is -0.139. The van der Waals surface area contributed by atoms with Crippen LogP contribution in [0.15, 0.2) is 44.5 Å². The number of carbonyl (C=O) groups excluding carboxylic acids is 2. The minimum Gasteiger partial charge on any atom is -0.468 e. The van der Waals surface area contributed by atoms with Gasteiger partial charge in [-0.05, 0) is 36.4 Å². The smallest absolute Gasteiger partial charge is 0.309 e. The summed E-state index contributed by atoms with van der Waals surface area (Å²) in [4.78, 5) is 24.0. The molecule has 146 valence electrons. The molecule has 0 saturated carbocycles. The van der Waals surface area contributed by atoms with Crippen molar-refractivity contribution in [2.24, 2.45) is 0 Å². The molecular weight excluding hydrogens is 392 g/mol. The van der Waals surface area contributed by atoms with E-state index < -0.39 is 26.9 Å². The minimum atomic E-state index is -3.77. The molecule has 3 rings (SSSR count). The summed E-state index contributed by atoms with van der Waals surface area (Å²) in [5, 5.41) is 5.42. The van der Waals surface area contributed by atoms with Crippen LogP contribution in [-0.4, -0.2) is 46.0 Å². The zero-order chi connectivity index (χ0) is 19.3. The molecule has 2 aromatic rings. The predicted octanol–water partition coefficient (Wildman–Crippen LogP) is 1.27. The van der Waals surface area contributed by atoms with Gasteiger partial charge in [-0.3, -0.25) is 9.59 Å². The maximum absolute atomic E-state index is 12.9. The van der Waals surface area contributed by atoms with Crippen molar-refractivity contribution in [3.05, 3.63) is 41.7 Å². The van der Waals surface area contributed by atoms with Crippen molar-refractivity contribution >= 4 is 33.0 Å². The van der Waals surface area contributed by atoms with Crippen LogP contribution in [0.1, 0.15) is 23.9 Å². The Labute approximate surface area is 160 Å². The third-order valence-corrected chi connectivity index (χ3v) is 7.67. The average molecular weight is 412 g/mol. The van der Waals surface area contributed by atoms with E-state index in [1.54, 1.807) is 17.5 Å². The SMILES string of the molecule is O=C(NC[C@@H]1CCCO1)C(=O)NC[C@H](c1ccco1)S(=O)(=O)c1cccs1. The van der Waals surface area contributed by atoms with Gasteiger partial charge >= 0.3 is 11.8 Å². The molecule has 0 spiro atoms. The summed E-state index contributed by atoms with van der Waals surface area (Å²) in [6, 6.07) is 6.22. The van der Waals surface area contributed by atoms with Gasteiger partial charge in [0.15, 0.2) is 9.84 Å². The Kier molecular flexibility index (Phi) is 6.30. The molecule has 0 aliphatic carbocycles. The number of nitrogens with one attached hydrogen (secondary N) is 2. The van der Waals surface area contributed by atoms with Gasteiger partial charge in [-0.15, -0.1) is 11.3 Å². The second kappa shape index (κ2) is 8.68. The zero-order valence-electron chi connectivity index (χ0n) is 14.4. The van der Waals surface area contributed by atoms with Crippen molar-refractivity contribution in [1.29, 1.82) is 0 Å². The Hall–Kier alpha value is -2.17. The molecule has 2 amide bonds. The van der Waals surface area contributed by atoms with E-state index >= 15 is 0 Å². The maximum Gasteiger partial charge on any atom is 0.309 e. The van der Waals surface area contributed by atoms with Crippen LogP contribution in [0.5, 0.6) is 0 Å². The van der Waals surface area contributed by atoms with Crippen molar-refractivity contribution in [2.45, 2.75) is 28.4 Å². The quantitative estimate of drug-likeness (QED) is 0.662. The van der Waals surface area contributed by atoms with Gasteiger partial charge in [0.2, 0.25) is 0 Å². The van der Waals surface area contributed by atoms with Gasteiger partial charge in [0.25, 0.3) is 0 Å². The van der Waals surface area contributed by atoms with Crippen molar-refractivity contribution in [1.82, 2.24) is 10.6 Å². The molecular formula is C17H20N2O6S2. The number of amides is 2. The monoisotopic (exact) mass is 412 g/mol. The summed E-state index contributed by atoms with van der Waals surface area (Å²) in [6.45, 7) is 0.624. The third-order valence-electron chi connectivity index (χ3n) is 4.18. The summed E-state index contributed by atoms with van der Waals surface area (Å²) < 4.78 is 36.5. The van der Waals surface area contributed by atoms with Crippen LogP contribution in [0, 0.1) is 0 Å². The summed E-state index contributed by atoms with van der Waals surface area (Å²) in [6.07, 6.45) is 3.04. The van der Waals surface area contributed by atoms with Gasteiger partial charge in [-0.25, -0.2) is 8.42 Å². The fourth-order valence-corrected chi connectivity index (χ4v) is 5.55. The summed E-state index contributed by atoms with van der Waals surface area (Å²) >= 11 is 1.08. The highest BCUT2D eigenvalue weighted by atomic mass is 32.2. The fraction of sp³-hybridized carbons (Fsp3) is 0.412. The number of thiophene rings is 1. The zero-order valence-corrected chi connectivity index (χ0v) is 16.1. The Morgan fingerprint density at radius 1 is 1.22 bits per heavy atom. The van der Waals surface area contributed by atoms with Crippen molar-refractivity contribution < 1.29 is 27.2 Å². The second-order valence-electron chi connectivity index (χ2n) is 6.04. The first-order chi connectivity index (χ1) is 13.0. The molecule has 2 aromatic heterocycles. The largest absolute Gasteiger partial charge is 0.468 e. The first kappa shape index (κ1) is 19.6. The van der Waals surface area contributed by atoms with E-state index in [-0.39, 0.29) is 29.2 Å². The van der Waals surface area contributed by atoms with Gasteiger partial charge in [0.1, 0.15) is 15.2 Å². The van der Waals surface area contributed by atoms with Crippen LogP contribution in [0.25, 0.3) is 0 Å². The van der Waals surface area contributed by atoms with E-state index in [2.05, 4.69) is 10.6 Å². The number of hydrogen-bond acceptors (Lipinski definition) is 7.